The number of ether oxygens (including phenoxy) is 1. The molecule has 35 heavy (non-hydrogen) atoms. The van der Waals surface area contributed by atoms with Gasteiger partial charge in [0.1, 0.15) is 11.9 Å². The molecule has 0 saturated heterocycles. The maximum absolute atomic E-state index is 15.2. The number of primary amides is 1. The molecule has 1 fully saturated rings. The maximum atomic E-state index is 15.2. The minimum Gasteiger partial charge on any atom is -0.461 e. The molecule has 9 heteroatoms. The number of nitrogens with one attached hydrogen (secondary N) is 1. The molecule has 0 radical (unpaired) electrons. The third-order valence-corrected chi connectivity index (χ3v) is 6.96. The van der Waals surface area contributed by atoms with Crippen molar-refractivity contribution < 1.29 is 23.5 Å². The van der Waals surface area contributed by atoms with Crippen LogP contribution >= 0.6 is 0 Å². The number of anilines is 1. The average molecular weight is 485 g/mol. The third-order valence-electron chi connectivity index (χ3n) is 6.96. The van der Waals surface area contributed by atoms with Crippen LogP contribution < -0.4 is 16.8 Å². The number of aryl methyl sites for hydroxylation is 1. The number of aromatic nitrogens is 1. The topological polar surface area (TPSA) is 129 Å². The molecule has 188 valence electrons. The molecule has 2 aromatic rings. The number of benzene rings is 1. The first-order valence-electron chi connectivity index (χ1n) is 12.0. The average Bonchev–Trinajstić information content (AvgIpc) is 3.09. The second kappa shape index (κ2) is 9.45. The van der Waals surface area contributed by atoms with E-state index in [4.69, 9.17) is 16.2 Å². The minimum atomic E-state index is -0.857. The van der Waals surface area contributed by atoms with Crippen molar-refractivity contribution in [2.75, 3.05) is 11.9 Å². The van der Waals surface area contributed by atoms with Crippen LogP contribution in [0.25, 0.3) is 5.69 Å². The molecule has 4 rings (SSSR count). The number of nitrogens with zero attached hydrogens (tertiary/aromatic N) is 1. The highest BCUT2D eigenvalue weighted by Gasteiger charge is 2.35. The van der Waals surface area contributed by atoms with Gasteiger partial charge in [0.2, 0.25) is 0 Å². The second-order valence-electron chi connectivity index (χ2n) is 10.5. The summed E-state index contributed by atoms with van der Waals surface area (Å²) in [6.45, 7) is 5.82. The van der Waals surface area contributed by atoms with Gasteiger partial charge in [0, 0.05) is 29.9 Å². The summed E-state index contributed by atoms with van der Waals surface area (Å²) in [6.07, 6.45) is 5.42. The Labute approximate surface area is 204 Å². The van der Waals surface area contributed by atoms with E-state index < -0.39 is 17.7 Å². The highest BCUT2D eigenvalue weighted by atomic mass is 19.1. The lowest BCUT2D eigenvalue weighted by Crippen LogP contribution is -2.33. The summed E-state index contributed by atoms with van der Waals surface area (Å²) >= 11 is 0. The number of rotatable bonds is 6. The number of ketones is 1. The van der Waals surface area contributed by atoms with Crippen molar-refractivity contribution in [3.05, 3.63) is 46.5 Å². The number of hydrogen-bond donors (Lipinski definition) is 3. The van der Waals surface area contributed by atoms with E-state index in [1.165, 1.54) is 6.07 Å². The summed E-state index contributed by atoms with van der Waals surface area (Å²) in [7, 11) is 0. The van der Waals surface area contributed by atoms with Gasteiger partial charge in [-0.05, 0) is 62.1 Å². The van der Waals surface area contributed by atoms with Gasteiger partial charge in [-0.25, -0.2) is 4.39 Å². The van der Waals surface area contributed by atoms with Gasteiger partial charge in [-0.2, -0.15) is 0 Å². The zero-order valence-corrected chi connectivity index (χ0v) is 20.4. The first-order chi connectivity index (χ1) is 16.5. The van der Waals surface area contributed by atoms with Gasteiger partial charge in [-0.15, -0.1) is 0 Å². The maximum Gasteiger partial charge on any atom is 0.319 e. The lowest BCUT2D eigenvalue weighted by Gasteiger charge is -2.31. The van der Waals surface area contributed by atoms with Crippen LogP contribution in [0.15, 0.2) is 18.3 Å². The highest BCUT2D eigenvalue weighted by Crippen LogP contribution is 2.39. The van der Waals surface area contributed by atoms with Crippen LogP contribution in [0.1, 0.15) is 77.9 Å². The Balaban J connectivity index is 1.65. The summed E-state index contributed by atoms with van der Waals surface area (Å²) < 4.78 is 22.4. The van der Waals surface area contributed by atoms with E-state index in [9.17, 15) is 14.4 Å². The second-order valence-corrected chi connectivity index (χ2v) is 10.5. The van der Waals surface area contributed by atoms with E-state index in [1.807, 2.05) is 31.5 Å². The number of esters is 1. The first-order valence-corrected chi connectivity index (χ1v) is 12.0. The Bertz CT molecular complexity index is 1180. The molecule has 0 atom stereocenters. The molecule has 2 aliphatic rings. The normalized spacial score (nSPS) is 21.3. The minimum absolute atomic E-state index is 0.0450. The predicted octanol–water partition coefficient (Wildman–Crippen LogP) is 3.40. The van der Waals surface area contributed by atoms with E-state index in [1.54, 1.807) is 6.07 Å². The largest absolute Gasteiger partial charge is 0.461 e. The number of halogens is 1. The summed E-state index contributed by atoms with van der Waals surface area (Å²) in [5.74, 6) is -1.92. The van der Waals surface area contributed by atoms with Gasteiger partial charge in [-0.1, -0.05) is 13.8 Å². The lowest BCUT2D eigenvalue weighted by molar-refractivity contribution is -0.148. The van der Waals surface area contributed by atoms with Crippen molar-refractivity contribution in [1.29, 1.82) is 0 Å². The van der Waals surface area contributed by atoms with Crippen LogP contribution in [-0.4, -0.2) is 40.9 Å². The Morgan fingerprint density at radius 2 is 1.89 bits per heavy atom. The van der Waals surface area contributed by atoms with Crippen LogP contribution in [0.3, 0.4) is 0 Å². The molecular weight excluding hydrogens is 451 g/mol. The number of Topliss-reactive ketones (excluding diaryl/α,β-unsaturated/α-hetero) is 1. The smallest absolute Gasteiger partial charge is 0.319 e. The van der Waals surface area contributed by atoms with E-state index >= 15 is 4.39 Å². The zero-order chi connectivity index (χ0) is 25.5. The monoisotopic (exact) mass is 484 g/mol. The van der Waals surface area contributed by atoms with Crippen molar-refractivity contribution in [2.45, 2.75) is 71.4 Å². The Morgan fingerprint density at radius 3 is 2.51 bits per heavy atom. The van der Waals surface area contributed by atoms with E-state index in [-0.39, 0.29) is 35.5 Å². The van der Waals surface area contributed by atoms with Gasteiger partial charge in [0.25, 0.3) is 5.91 Å². The van der Waals surface area contributed by atoms with Crippen LogP contribution in [0.2, 0.25) is 0 Å². The quantitative estimate of drug-likeness (QED) is 0.539. The molecule has 8 nitrogen and oxygen atoms in total. The summed E-state index contributed by atoms with van der Waals surface area (Å²) in [4.78, 5) is 36.4. The molecule has 1 saturated carbocycles. The van der Waals surface area contributed by atoms with Crippen LogP contribution in [0.5, 0.6) is 0 Å². The lowest BCUT2D eigenvalue weighted by atomic mass is 9.75. The molecule has 0 spiro atoms. The number of hydrogen-bond acceptors (Lipinski definition) is 6. The molecule has 0 aliphatic heterocycles. The van der Waals surface area contributed by atoms with Gasteiger partial charge >= 0.3 is 5.97 Å². The molecule has 1 aromatic carbocycles. The molecule has 1 aromatic heterocycles. The highest BCUT2D eigenvalue weighted by molar-refractivity contribution is 6.01. The summed E-state index contributed by atoms with van der Waals surface area (Å²) in [5.41, 5.74) is 13.7. The van der Waals surface area contributed by atoms with Gasteiger partial charge in [-0.3, -0.25) is 14.4 Å². The van der Waals surface area contributed by atoms with Crippen molar-refractivity contribution in [1.82, 2.24) is 4.57 Å². The number of carbonyl (C=O) groups excluding carboxylic acids is 3. The molecule has 1 heterocycles. The fraction of sp³-hybridized carbons (Fsp3) is 0.500. The standard InChI is InChI=1S/C26H33FN4O4/c1-14-13-31(20-10-26(2,3)11-21(32)23(14)20)16-8-18(27)24(25(29)34)19(9-16)30-15-4-6-17(7-5-15)35-22(33)12-28/h8-9,13,15,17,30H,4-7,10-12,28H2,1-3H3,(H2,29,34). The molecule has 1 amide bonds. The fourth-order valence-corrected chi connectivity index (χ4v) is 5.38. The van der Waals surface area contributed by atoms with Crippen molar-refractivity contribution in [2.24, 2.45) is 16.9 Å². The number of carbonyl (C=O) groups is 3. The Morgan fingerprint density at radius 1 is 1.20 bits per heavy atom. The van der Waals surface area contributed by atoms with Crippen LogP contribution in [-0.2, 0) is 16.0 Å². The number of fused-ring (bicyclic) bond motifs is 1. The fourth-order valence-electron chi connectivity index (χ4n) is 5.38. The summed E-state index contributed by atoms with van der Waals surface area (Å²) in [5, 5.41) is 3.30. The predicted molar refractivity (Wildman–Crippen MR) is 130 cm³/mol. The van der Waals surface area contributed by atoms with Crippen molar-refractivity contribution in [3.8, 4) is 5.69 Å². The Kier molecular flexibility index (Phi) is 6.73. The van der Waals surface area contributed by atoms with Crippen molar-refractivity contribution >= 4 is 23.3 Å². The van der Waals surface area contributed by atoms with E-state index in [0.29, 0.717) is 55.5 Å². The Hall–Kier alpha value is -3.20. The molecule has 0 bridgehead atoms. The van der Waals surface area contributed by atoms with Gasteiger partial charge in [0.15, 0.2) is 5.78 Å². The molecule has 2 aliphatic carbocycles. The molecular formula is C26H33FN4O4. The molecule has 5 N–H and O–H groups in total. The zero-order valence-electron chi connectivity index (χ0n) is 20.4. The van der Waals surface area contributed by atoms with Gasteiger partial charge in [0.05, 0.1) is 23.5 Å². The van der Waals surface area contributed by atoms with Crippen LogP contribution in [0.4, 0.5) is 10.1 Å². The third kappa shape index (κ3) is 5.10. The molecule has 0 unspecified atom stereocenters. The first kappa shape index (κ1) is 24.9. The summed E-state index contributed by atoms with van der Waals surface area (Å²) in [6, 6.07) is 2.96. The SMILES string of the molecule is Cc1cn(-c2cc(F)c(C(N)=O)c(NC3CCC(OC(=O)CN)CC3)c2)c2c1C(=O)CC(C)(C)C2. The van der Waals surface area contributed by atoms with Crippen LogP contribution in [0, 0.1) is 18.2 Å². The van der Waals surface area contributed by atoms with E-state index in [0.717, 1.165) is 11.3 Å². The van der Waals surface area contributed by atoms with E-state index in [2.05, 4.69) is 5.32 Å². The number of amides is 1. The van der Waals surface area contributed by atoms with Crippen molar-refractivity contribution in [3.63, 3.8) is 0 Å². The number of nitrogens with two attached hydrogens (primary N) is 2. The van der Waals surface area contributed by atoms with Gasteiger partial charge < -0.3 is 26.1 Å².